The Morgan fingerprint density at radius 3 is 2.30 bits per heavy atom. The molecule has 214 valence electrons. The van der Waals surface area contributed by atoms with Gasteiger partial charge in [-0.05, 0) is 42.8 Å². The molecule has 3 unspecified atom stereocenters. The Labute approximate surface area is 242 Å². The quantitative estimate of drug-likeness (QED) is 0.206. The van der Waals surface area contributed by atoms with Crippen LogP contribution in [0.2, 0.25) is 10.0 Å². The van der Waals surface area contributed by atoms with E-state index in [2.05, 4.69) is 10.6 Å². The molecule has 11 nitrogen and oxygen atoms in total. The topological polar surface area (TPSA) is 161 Å². The molecule has 0 radical (unpaired) electrons. The average Bonchev–Trinajstić information content (AvgIpc) is 2.92. The van der Waals surface area contributed by atoms with Crippen molar-refractivity contribution in [2.24, 2.45) is 5.73 Å². The molecular weight excluding hydrogens is 559 g/mol. The number of halogens is 2. The van der Waals surface area contributed by atoms with Gasteiger partial charge in [-0.15, -0.1) is 0 Å². The van der Waals surface area contributed by atoms with Gasteiger partial charge >= 0.3 is 5.97 Å². The van der Waals surface area contributed by atoms with Gasteiger partial charge in [0, 0.05) is 47.4 Å². The van der Waals surface area contributed by atoms with Gasteiger partial charge in [0.1, 0.15) is 23.2 Å². The predicted octanol–water partition coefficient (Wildman–Crippen LogP) is 1.65. The second-order valence-electron chi connectivity index (χ2n) is 9.63. The number of carbonyl (C=O) groups excluding carboxylic acids is 2. The molecule has 2 amide bonds. The number of carbonyl (C=O) groups is 3. The summed E-state index contributed by atoms with van der Waals surface area (Å²) in [5, 5.41) is 25.0. The number of carboxylic acid groups (broad SMARTS) is 1. The first kappa shape index (κ1) is 29.6. The highest BCUT2D eigenvalue weighted by molar-refractivity contribution is 6.35. The molecule has 40 heavy (non-hydrogen) atoms. The van der Waals surface area contributed by atoms with Gasteiger partial charge in [0.25, 0.3) is 0 Å². The maximum atomic E-state index is 13.7. The minimum Gasteiger partial charge on any atom is -0.488 e. The molecule has 0 saturated carbocycles. The van der Waals surface area contributed by atoms with E-state index < -0.39 is 29.6 Å². The number of hydrogen-bond acceptors (Lipinski definition) is 7. The zero-order valence-corrected chi connectivity index (χ0v) is 23.5. The van der Waals surface area contributed by atoms with Gasteiger partial charge in [-0.25, -0.2) is 4.79 Å². The number of carboxylic acids is 1. The van der Waals surface area contributed by atoms with Crippen molar-refractivity contribution in [3.63, 3.8) is 0 Å². The van der Waals surface area contributed by atoms with Crippen molar-refractivity contribution in [1.29, 1.82) is 5.41 Å². The molecule has 2 aliphatic heterocycles. The molecular formula is C27H32Cl2N6O5. The molecule has 3 atom stereocenters. The monoisotopic (exact) mass is 590 g/mol. The highest BCUT2D eigenvalue weighted by Crippen LogP contribution is 2.45. The fourth-order valence-electron chi connectivity index (χ4n) is 5.59. The van der Waals surface area contributed by atoms with Crippen LogP contribution in [0.5, 0.6) is 5.75 Å². The number of nitrogens with two attached hydrogens (primary N) is 1. The van der Waals surface area contributed by atoms with Gasteiger partial charge in [-0.1, -0.05) is 36.2 Å². The molecule has 2 aliphatic rings. The summed E-state index contributed by atoms with van der Waals surface area (Å²) in [4.78, 5) is 43.1. The lowest BCUT2D eigenvalue weighted by Gasteiger charge is -2.55. The van der Waals surface area contributed by atoms with Gasteiger partial charge in [-0.3, -0.25) is 15.0 Å². The normalized spacial score (nSPS) is 19.1. The number of amidine groups is 1. The van der Waals surface area contributed by atoms with E-state index in [1.807, 2.05) is 6.92 Å². The van der Waals surface area contributed by atoms with E-state index in [-0.39, 0.29) is 49.4 Å². The molecule has 13 heteroatoms. The highest BCUT2D eigenvalue weighted by atomic mass is 35.5. The molecule has 0 bridgehead atoms. The largest absolute Gasteiger partial charge is 0.488 e. The number of nitrogens with zero attached hydrogens (tertiary/aromatic N) is 2. The van der Waals surface area contributed by atoms with E-state index in [0.29, 0.717) is 35.0 Å². The lowest BCUT2D eigenvalue weighted by Crippen LogP contribution is -2.74. The number of nitrogen functional groups attached to an aromatic ring is 1. The van der Waals surface area contributed by atoms with E-state index in [9.17, 15) is 19.5 Å². The zero-order chi connectivity index (χ0) is 29.0. The fraction of sp³-hybridized carbons (Fsp3) is 0.407. The van der Waals surface area contributed by atoms with Crippen LogP contribution in [-0.2, 0) is 19.9 Å². The van der Waals surface area contributed by atoms with Crippen LogP contribution in [0.1, 0.15) is 24.5 Å². The molecule has 2 aromatic carbocycles. The SMILES string of the molecule is CCC(Oc1ccc(C(=N)N)cc1)C(c1ccc(Cl)cc1Cl)(C(C(=O)O)N1CCNCC1=O)N1CCNCC1=O. The van der Waals surface area contributed by atoms with Crippen LogP contribution in [-0.4, -0.2) is 89.9 Å². The number of amides is 2. The van der Waals surface area contributed by atoms with Gasteiger partial charge in [0.05, 0.1) is 13.1 Å². The maximum absolute atomic E-state index is 13.7. The lowest BCUT2D eigenvalue weighted by atomic mass is 9.73. The van der Waals surface area contributed by atoms with Gasteiger partial charge in [-0.2, -0.15) is 0 Å². The van der Waals surface area contributed by atoms with Crippen molar-refractivity contribution >= 4 is 46.8 Å². The predicted molar refractivity (Wildman–Crippen MR) is 151 cm³/mol. The summed E-state index contributed by atoms with van der Waals surface area (Å²) in [6, 6.07) is 9.61. The number of rotatable bonds is 10. The molecule has 0 aromatic heterocycles. The first-order chi connectivity index (χ1) is 19.1. The molecule has 4 rings (SSSR count). The number of hydrogen-bond donors (Lipinski definition) is 5. The lowest BCUT2D eigenvalue weighted by molar-refractivity contribution is -0.173. The Hall–Kier alpha value is -3.38. The van der Waals surface area contributed by atoms with Gasteiger partial charge < -0.3 is 36.0 Å². The van der Waals surface area contributed by atoms with E-state index in [1.165, 1.54) is 15.9 Å². The Bertz CT molecular complexity index is 1290. The van der Waals surface area contributed by atoms with E-state index in [0.717, 1.165) is 0 Å². The summed E-state index contributed by atoms with van der Waals surface area (Å²) >= 11 is 13.1. The summed E-state index contributed by atoms with van der Waals surface area (Å²) in [5.74, 6) is -1.84. The molecule has 6 N–H and O–H groups in total. The van der Waals surface area contributed by atoms with Crippen molar-refractivity contribution in [3.05, 3.63) is 63.6 Å². The van der Waals surface area contributed by atoms with E-state index in [1.54, 1.807) is 36.4 Å². The number of nitrogens with one attached hydrogen (secondary N) is 3. The van der Waals surface area contributed by atoms with Crippen LogP contribution in [0.15, 0.2) is 42.5 Å². The fourth-order valence-corrected chi connectivity index (χ4v) is 6.15. The second-order valence-corrected chi connectivity index (χ2v) is 10.5. The van der Waals surface area contributed by atoms with E-state index in [4.69, 9.17) is 39.1 Å². The standard InChI is InChI=1S/C27H32Cl2N6O5/c1-2-21(40-18-6-3-16(4-7-18)25(30)31)27(35-12-10-33-15-23(35)37,19-8-5-17(28)13-20(19)29)24(26(38)39)34-11-9-32-14-22(34)36/h3-8,13,21,24,32-33H,2,9-12,14-15H2,1H3,(H3,30,31)(H,38,39). The number of benzene rings is 2. The van der Waals surface area contributed by atoms with Crippen LogP contribution >= 0.6 is 23.2 Å². The second kappa shape index (κ2) is 12.4. The average molecular weight is 591 g/mol. The van der Waals surface area contributed by atoms with E-state index >= 15 is 0 Å². The summed E-state index contributed by atoms with van der Waals surface area (Å²) in [6.07, 6.45) is -0.741. The Morgan fingerprint density at radius 2 is 1.75 bits per heavy atom. The van der Waals surface area contributed by atoms with Gasteiger partial charge in [0.15, 0.2) is 6.04 Å². The van der Waals surface area contributed by atoms with Crippen LogP contribution in [0, 0.1) is 5.41 Å². The first-order valence-corrected chi connectivity index (χ1v) is 13.7. The Balaban J connectivity index is 2.02. The van der Waals surface area contributed by atoms with Crippen LogP contribution in [0.4, 0.5) is 0 Å². The molecule has 2 heterocycles. The molecule has 0 spiro atoms. The van der Waals surface area contributed by atoms with Crippen molar-refractivity contribution < 1.29 is 24.2 Å². The number of piperazine rings is 2. The van der Waals surface area contributed by atoms with Crippen LogP contribution < -0.4 is 21.1 Å². The summed E-state index contributed by atoms with van der Waals surface area (Å²) in [5.41, 5.74) is 4.64. The minimum atomic E-state index is -1.76. The van der Waals surface area contributed by atoms with Gasteiger partial charge in [0.2, 0.25) is 11.8 Å². The van der Waals surface area contributed by atoms with Crippen LogP contribution in [0.3, 0.4) is 0 Å². The summed E-state index contributed by atoms with van der Waals surface area (Å²) < 4.78 is 6.53. The summed E-state index contributed by atoms with van der Waals surface area (Å²) in [6.45, 7) is 2.76. The maximum Gasteiger partial charge on any atom is 0.329 e. The Kier molecular flexibility index (Phi) is 9.19. The van der Waals surface area contributed by atoms with Crippen molar-refractivity contribution in [1.82, 2.24) is 20.4 Å². The molecule has 2 fully saturated rings. The van der Waals surface area contributed by atoms with Crippen LogP contribution in [0.25, 0.3) is 0 Å². The third kappa shape index (κ3) is 5.60. The third-order valence-corrected chi connectivity index (χ3v) is 7.84. The third-order valence-electron chi connectivity index (χ3n) is 7.29. The van der Waals surface area contributed by atoms with Crippen molar-refractivity contribution in [2.75, 3.05) is 39.3 Å². The zero-order valence-electron chi connectivity index (χ0n) is 22.0. The Morgan fingerprint density at radius 1 is 1.10 bits per heavy atom. The van der Waals surface area contributed by atoms with Crippen molar-refractivity contribution in [3.8, 4) is 5.75 Å². The minimum absolute atomic E-state index is 0.0292. The first-order valence-electron chi connectivity index (χ1n) is 12.9. The van der Waals surface area contributed by atoms with Crippen molar-refractivity contribution in [2.45, 2.75) is 31.0 Å². The number of aliphatic carboxylic acids is 1. The highest BCUT2D eigenvalue weighted by Gasteiger charge is 2.61. The smallest absolute Gasteiger partial charge is 0.329 e. The number of ether oxygens (including phenoxy) is 1. The molecule has 2 aromatic rings. The molecule has 2 saturated heterocycles. The summed E-state index contributed by atoms with van der Waals surface area (Å²) in [7, 11) is 0. The molecule has 0 aliphatic carbocycles.